The number of hydrogen-bond donors (Lipinski definition) is 3. The van der Waals surface area contributed by atoms with Crippen LogP contribution in [0.1, 0.15) is 80.4 Å². The fourth-order valence-corrected chi connectivity index (χ4v) is 3.27. The van der Waals surface area contributed by atoms with Gasteiger partial charge in [0, 0.05) is 43.6 Å². The third kappa shape index (κ3) is 13.5. The average molecular weight is 524 g/mol. The summed E-state index contributed by atoms with van der Waals surface area (Å²) in [6, 6.07) is 13.1. The zero-order valence-electron chi connectivity index (χ0n) is 23.9. The van der Waals surface area contributed by atoms with E-state index in [1.54, 1.807) is 13.1 Å². The lowest BCUT2D eigenvalue weighted by Gasteiger charge is -2.13. The highest BCUT2D eigenvalue weighted by Gasteiger charge is 2.15. The second-order valence-corrected chi connectivity index (χ2v) is 8.49. The standard InChI is InChI=1S/C22H26N2O2.C7H13NO2.C2H6/c1-5-16(4)21(25)20-12-9-17(13-18(20)6-2)14-23-22(26)24-19-10-7-15(3)8-11-19;1-8-7(10)5-3-2-4-6-9;1-2/h5,7-13,16H,1,6,14H2,2-4H3,(H2,23,24,26);6H,2-5H2,1H3,(H,8,10);1-2H3. The Hall–Kier alpha value is -3.74. The van der Waals surface area contributed by atoms with Gasteiger partial charge in [0.15, 0.2) is 5.78 Å². The van der Waals surface area contributed by atoms with Crippen LogP contribution in [0.5, 0.6) is 0 Å². The first-order chi connectivity index (χ1) is 18.2. The van der Waals surface area contributed by atoms with E-state index in [0.29, 0.717) is 19.4 Å². The molecule has 2 rings (SSSR count). The lowest BCUT2D eigenvalue weighted by Crippen LogP contribution is -2.28. The summed E-state index contributed by atoms with van der Waals surface area (Å²) in [5.41, 5.74) is 4.57. The Morgan fingerprint density at radius 1 is 1.03 bits per heavy atom. The van der Waals surface area contributed by atoms with Crippen molar-refractivity contribution < 1.29 is 19.2 Å². The van der Waals surface area contributed by atoms with Gasteiger partial charge in [-0.05, 0) is 49.4 Å². The topological polar surface area (TPSA) is 104 Å². The van der Waals surface area contributed by atoms with E-state index in [4.69, 9.17) is 0 Å². The predicted molar refractivity (Wildman–Crippen MR) is 156 cm³/mol. The third-order valence-electron chi connectivity index (χ3n) is 5.60. The normalized spacial score (nSPS) is 10.4. The van der Waals surface area contributed by atoms with E-state index >= 15 is 0 Å². The monoisotopic (exact) mass is 523 g/mol. The van der Waals surface area contributed by atoms with Crippen molar-refractivity contribution in [1.29, 1.82) is 0 Å². The number of amides is 3. The van der Waals surface area contributed by atoms with E-state index in [-0.39, 0.29) is 23.6 Å². The van der Waals surface area contributed by atoms with Crippen LogP contribution in [0.3, 0.4) is 0 Å². The van der Waals surface area contributed by atoms with Crippen molar-refractivity contribution in [3.8, 4) is 0 Å². The Morgan fingerprint density at radius 3 is 2.24 bits per heavy atom. The number of unbranched alkanes of at least 4 members (excludes halogenated alkanes) is 2. The van der Waals surface area contributed by atoms with E-state index in [9.17, 15) is 19.2 Å². The first kappa shape index (κ1) is 34.3. The minimum absolute atomic E-state index is 0.0471. The first-order valence-electron chi connectivity index (χ1n) is 13.3. The Bertz CT molecular complexity index is 1020. The molecule has 0 saturated carbocycles. The van der Waals surface area contributed by atoms with Gasteiger partial charge in [-0.25, -0.2) is 4.79 Å². The summed E-state index contributed by atoms with van der Waals surface area (Å²) in [7, 11) is 1.61. The predicted octanol–water partition coefficient (Wildman–Crippen LogP) is 6.40. The number of benzene rings is 2. The molecule has 0 aliphatic rings. The van der Waals surface area contributed by atoms with Crippen LogP contribution in [0.15, 0.2) is 55.1 Å². The molecule has 0 aliphatic carbocycles. The largest absolute Gasteiger partial charge is 0.359 e. The quantitative estimate of drug-likeness (QED) is 0.130. The van der Waals surface area contributed by atoms with Gasteiger partial charge in [0.2, 0.25) is 5.91 Å². The highest BCUT2D eigenvalue weighted by atomic mass is 16.2. The molecule has 208 valence electrons. The summed E-state index contributed by atoms with van der Waals surface area (Å²) in [4.78, 5) is 44.8. The molecule has 2 aromatic rings. The van der Waals surface area contributed by atoms with Gasteiger partial charge in [-0.2, -0.15) is 0 Å². The number of carbonyl (C=O) groups excluding carboxylic acids is 4. The third-order valence-corrected chi connectivity index (χ3v) is 5.60. The number of Topliss-reactive ketones (excluding diaryl/α,β-unsaturated/α-hetero) is 1. The molecular weight excluding hydrogens is 478 g/mol. The molecule has 0 aliphatic heterocycles. The van der Waals surface area contributed by atoms with Gasteiger partial charge >= 0.3 is 6.03 Å². The molecule has 3 N–H and O–H groups in total. The number of rotatable bonds is 12. The molecule has 0 saturated heterocycles. The number of carbonyl (C=O) groups is 4. The van der Waals surface area contributed by atoms with Crippen LogP contribution in [0.2, 0.25) is 0 Å². The van der Waals surface area contributed by atoms with Gasteiger partial charge < -0.3 is 20.7 Å². The second kappa shape index (κ2) is 20.3. The highest BCUT2D eigenvalue weighted by Crippen LogP contribution is 2.18. The number of aldehydes is 1. The average Bonchev–Trinajstić information content (AvgIpc) is 2.95. The number of anilines is 1. The van der Waals surface area contributed by atoms with Crippen molar-refractivity contribution in [3.05, 3.63) is 77.4 Å². The van der Waals surface area contributed by atoms with Gasteiger partial charge in [-0.15, -0.1) is 6.58 Å². The van der Waals surface area contributed by atoms with Gasteiger partial charge in [-0.3, -0.25) is 9.59 Å². The lowest BCUT2D eigenvalue weighted by molar-refractivity contribution is -0.120. The Labute approximate surface area is 228 Å². The van der Waals surface area contributed by atoms with Crippen LogP contribution in [-0.2, 0) is 22.6 Å². The minimum atomic E-state index is -0.257. The number of allylic oxidation sites excluding steroid dienone is 1. The molecule has 7 heteroatoms. The van der Waals surface area contributed by atoms with E-state index in [1.807, 2.05) is 77.1 Å². The van der Waals surface area contributed by atoms with Crippen molar-refractivity contribution in [2.24, 2.45) is 5.92 Å². The first-order valence-corrected chi connectivity index (χ1v) is 13.3. The lowest BCUT2D eigenvalue weighted by atomic mass is 9.93. The maximum absolute atomic E-state index is 12.4. The van der Waals surface area contributed by atoms with Crippen LogP contribution in [0, 0.1) is 12.8 Å². The van der Waals surface area contributed by atoms with E-state index in [1.165, 1.54) is 0 Å². The van der Waals surface area contributed by atoms with E-state index in [2.05, 4.69) is 22.5 Å². The number of nitrogens with one attached hydrogen (secondary N) is 3. The number of ketones is 1. The summed E-state index contributed by atoms with van der Waals surface area (Å²) in [6.45, 7) is 14.0. The number of hydrogen-bond acceptors (Lipinski definition) is 4. The molecule has 0 heterocycles. The van der Waals surface area contributed by atoms with E-state index in [0.717, 1.165) is 53.5 Å². The van der Waals surface area contributed by atoms with E-state index < -0.39 is 0 Å². The molecule has 0 spiro atoms. The molecule has 0 radical (unpaired) electrons. The van der Waals surface area contributed by atoms with Crippen LogP contribution >= 0.6 is 0 Å². The molecule has 38 heavy (non-hydrogen) atoms. The van der Waals surface area contributed by atoms with Crippen LogP contribution < -0.4 is 16.0 Å². The summed E-state index contributed by atoms with van der Waals surface area (Å²) in [5.74, 6) is -0.0797. The maximum Gasteiger partial charge on any atom is 0.319 e. The molecule has 3 amide bonds. The molecule has 7 nitrogen and oxygen atoms in total. The van der Waals surface area contributed by atoms with Crippen molar-refractivity contribution in [2.75, 3.05) is 12.4 Å². The Morgan fingerprint density at radius 2 is 1.68 bits per heavy atom. The van der Waals surface area contributed by atoms with Crippen LogP contribution in [-0.4, -0.2) is 31.1 Å². The van der Waals surface area contributed by atoms with Gasteiger partial charge in [0.25, 0.3) is 0 Å². The zero-order chi connectivity index (χ0) is 28.9. The Balaban J connectivity index is 0.000000962. The summed E-state index contributed by atoms with van der Waals surface area (Å²) in [5, 5.41) is 8.16. The Kier molecular flexibility index (Phi) is 18.3. The van der Waals surface area contributed by atoms with Gasteiger partial charge in [0.05, 0.1) is 0 Å². The molecule has 2 aromatic carbocycles. The minimum Gasteiger partial charge on any atom is -0.359 e. The van der Waals surface area contributed by atoms with Gasteiger partial charge in [0.1, 0.15) is 6.29 Å². The number of aryl methyl sites for hydroxylation is 2. The zero-order valence-corrected chi connectivity index (χ0v) is 23.9. The van der Waals surface area contributed by atoms with Crippen molar-refractivity contribution in [3.63, 3.8) is 0 Å². The number of urea groups is 1. The second-order valence-electron chi connectivity index (χ2n) is 8.49. The summed E-state index contributed by atoms with van der Waals surface area (Å²) < 4.78 is 0. The van der Waals surface area contributed by atoms with Crippen LogP contribution in [0.4, 0.5) is 10.5 Å². The maximum atomic E-state index is 12.4. The smallest absolute Gasteiger partial charge is 0.319 e. The molecular formula is C31H45N3O4. The molecule has 1 unspecified atom stereocenters. The van der Waals surface area contributed by atoms with Crippen molar-refractivity contribution in [2.45, 2.75) is 73.3 Å². The highest BCUT2D eigenvalue weighted by molar-refractivity contribution is 6.00. The van der Waals surface area contributed by atoms with Crippen LogP contribution in [0.25, 0.3) is 0 Å². The van der Waals surface area contributed by atoms with Gasteiger partial charge in [-0.1, -0.05) is 69.7 Å². The molecule has 0 bridgehead atoms. The molecule has 0 fully saturated rings. The molecule has 1 atom stereocenters. The fourth-order valence-electron chi connectivity index (χ4n) is 3.27. The SMILES string of the molecule is C=CC(C)C(=O)c1ccc(CNC(=O)Nc2ccc(C)cc2)cc1CC.CC.CNC(=O)CCCCC=O. The molecule has 0 aromatic heterocycles. The summed E-state index contributed by atoms with van der Waals surface area (Å²) >= 11 is 0. The van der Waals surface area contributed by atoms with Crippen molar-refractivity contribution >= 4 is 29.7 Å². The summed E-state index contributed by atoms with van der Waals surface area (Å²) in [6.07, 6.45) is 6.02. The fraction of sp³-hybridized carbons (Fsp3) is 0.419. The van der Waals surface area contributed by atoms with Crippen molar-refractivity contribution in [1.82, 2.24) is 10.6 Å².